The zero-order valence-corrected chi connectivity index (χ0v) is 11.8. The van der Waals surface area contributed by atoms with Gasteiger partial charge in [0.05, 0.1) is 6.61 Å². The summed E-state index contributed by atoms with van der Waals surface area (Å²) in [4.78, 5) is 2.51. The minimum Gasteiger partial charge on any atom is -0.395 e. The molecule has 0 aromatic rings. The van der Waals surface area contributed by atoms with Crippen LogP contribution >= 0.6 is 0 Å². The van der Waals surface area contributed by atoms with Crippen LogP contribution in [0.4, 0.5) is 0 Å². The van der Waals surface area contributed by atoms with Gasteiger partial charge in [0.2, 0.25) is 0 Å². The molecule has 0 amide bonds. The van der Waals surface area contributed by atoms with Gasteiger partial charge < -0.3 is 15.3 Å². The first kappa shape index (κ1) is 14.9. The van der Waals surface area contributed by atoms with Crippen LogP contribution in [0.1, 0.15) is 46.5 Å². The van der Waals surface area contributed by atoms with E-state index in [0.29, 0.717) is 5.41 Å². The van der Waals surface area contributed by atoms with Crippen molar-refractivity contribution in [2.24, 2.45) is 5.41 Å². The number of aliphatic hydroxyl groups is 1. The molecule has 3 nitrogen and oxygen atoms in total. The first-order valence-electron chi connectivity index (χ1n) is 7.14. The van der Waals surface area contributed by atoms with Crippen LogP contribution in [0.5, 0.6) is 0 Å². The van der Waals surface area contributed by atoms with E-state index in [1.54, 1.807) is 0 Å². The molecule has 0 bridgehead atoms. The fraction of sp³-hybridized carbons (Fsp3) is 1.00. The fourth-order valence-electron chi connectivity index (χ4n) is 2.51. The highest BCUT2D eigenvalue weighted by atomic mass is 16.3. The summed E-state index contributed by atoms with van der Waals surface area (Å²) < 4.78 is 0. The normalized spacial score (nSPS) is 23.3. The molecule has 1 saturated heterocycles. The molecule has 17 heavy (non-hydrogen) atoms. The fourth-order valence-corrected chi connectivity index (χ4v) is 2.51. The van der Waals surface area contributed by atoms with E-state index in [2.05, 4.69) is 31.0 Å². The lowest BCUT2D eigenvalue weighted by atomic mass is 9.85. The molecule has 0 aromatic heterocycles. The Morgan fingerprint density at radius 1 is 1.29 bits per heavy atom. The van der Waals surface area contributed by atoms with E-state index < -0.39 is 0 Å². The molecule has 1 atom stereocenters. The molecule has 1 aliphatic rings. The molecule has 1 aliphatic heterocycles. The highest BCUT2D eigenvalue weighted by Gasteiger charge is 2.24. The first-order chi connectivity index (χ1) is 8.07. The summed E-state index contributed by atoms with van der Waals surface area (Å²) in [5.41, 5.74) is 0.500. The quantitative estimate of drug-likeness (QED) is 0.746. The summed E-state index contributed by atoms with van der Waals surface area (Å²) in [6.07, 6.45) is 5.02. The molecular weight excluding hydrogens is 212 g/mol. The Kier molecular flexibility index (Phi) is 6.45. The molecule has 0 aromatic carbocycles. The van der Waals surface area contributed by atoms with E-state index in [1.165, 1.54) is 32.4 Å². The Bertz CT molecular complexity index is 206. The second-order valence-electron chi connectivity index (χ2n) is 6.15. The summed E-state index contributed by atoms with van der Waals surface area (Å²) >= 11 is 0. The lowest BCUT2D eigenvalue weighted by Crippen LogP contribution is -2.44. The van der Waals surface area contributed by atoms with Crippen molar-refractivity contribution in [3.8, 4) is 0 Å². The van der Waals surface area contributed by atoms with Gasteiger partial charge in [0.15, 0.2) is 0 Å². The summed E-state index contributed by atoms with van der Waals surface area (Å²) in [5, 5.41) is 12.8. The maximum absolute atomic E-state index is 9.37. The van der Waals surface area contributed by atoms with Gasteiger partial charge in [-0.25, -0.2) is 0 Å². The van der Waals surface area contributed by atoms with Crippen LogP contribution in [0, 0.1) is 5.41 Å². The Balaban J connectivity index is 2.34. The van der Waals surface area contributed by atoms with E-state index in [9.17, 15) is 5.11 Å². The Hall–Kier alpha value is -0.120. The van der Waals surface area contributed by atoms with Crippen molar-refractivity contribution in [3.63, 3.8) is 0 Å². The third kappa shape index (κ3) is 5.84. The van der Waals surface area contributed by atoms with Crippen molar-refractivity contribution in [3.05, 3.63) is 0 Å². The molecule has 1 unspecified atom stereocenters. The van der Waals surface area contributed by atoms with E-state index in [-0.39, 0.29) is 12.6 Å². The lowest BCUT2D eigenvalue weighted by Gasteiger charge is -2.27. The van der Waals surface area contributed by atoms with E-state index >= 15 is 0 Å². The van der Waals surface area contributed by atoms with Crippen LogP contribution in [-0.2, 0) is 0 Å². The molecule has 0 radical (unpaired) electrons. The number of hydrogen-bond donors (Lipinski definition) is 2. The molecule has 1 fully saturated rings. The zero-order valence-electron chi connectivity index (χ0n) is 11.8. The molecule has 2 N–H and O–H groups in total. The van der Waals surface area contributed by atoms with Crippen LogP contribution < -0.4 is 5.32 Å². The maximum atomic E-state index is 9.37. The predicted molar refractivity (Wildman–Crippen MR) is 73.2 cm³/mol. The zero-order chi connectivity index (χ0) is 12.7. The Labute approximate surface area is 107 Å². The van der Waals surface area contributed by atoms with Crippen molar-refractivity contribution < 1.29 is 5.11 Å². The maximum Gasteiger partial charge on any atom is 0.0597 e. The van der Waals surface area contributed by atoms with Crippen LogP contribution in [0.3, 0.4) is 0 Å². The van der Waals surface area contributed by atoms with Crippen molar-refractivity contribution in [2.75, 3.05) is 32.8 Å². The van der Waals surface area contributed by atoms with Crippen molar-refractivity contribution >= 4 is 0 Å². The molecule has 0 aliphatic carbocycles. The van der Waals surface area contributed by atoms with Gasteiger partial charge in [-0.15, -0.1) is 0 Å². The highest BCUT2D eigenvalue weighted by molar-refractivity contribution is 4.79. The van der Waals surface area contributed by atoms with Gasteiger partial charge in [-0.05, 0) is 50.7 Å². The monoisotopic (exact) mass is 242 g/mol. The summed E-state index contributed by atoms with van der Waals surface area (Å²) in [6.45, 7) is 11.5. The lowest BCUT2D eigenvalue weighted by molar-refractivity contribution is 0.180. The van der Waals surface area contributed by atoms with Gasteiger partial charge in [-0.2, -0.15) is 0 Å². The minimum atomic E-state index is 0.246. The topological polar surface area (TPSA) is 35.5 Å². The number of rotatable bonds is 6. The largest absolute Gasteiger partial charge is 0.395 e. The molecule has 102 valence electrons. The van der Waals surface area contributed by atoms with Crippen LogP contribution in [0.2, 0.25) is 0 Å². The second kappa shape index (κ2) is 7.34. The van der Waals surface area contributed by atoms with Gasteiger partial charge in [0.1, 0.15) is 0 Å². The Morgan fingerprint density at radius 2 is 2.06 bits per heavy atom. The number of likely N-dealkylation sites (tertiary alicyclic amines) is 1. The highest BCUT2D eigenvalue weighted by Crippen LogP contribution is 2.29. The first-order valence-corrected chi connectivity index (χ1v) is 7.14. The van der Waals surface area contributed by atoms with Gasteiger partial charge >= 0.3 is 0 Å². The number of hydrogen-bond acceptors (Lipinski definition) is 3. The molecule has 3 heteroatoms. The van der Waals surface area contributed by atoms with Crippen LogP contribution in [0.25, 0.3) is 0 Å². The van der Waals surface area contributed by atoms with Gasteiger partial charge in [-0.3, -0.25) is 0 Å². The summed E-state index contributed by atoms with van der Waals surface area (Å²) in [6, 6.07) is 0.246. The van der Waals surface area contributed by atoms with Crippen LogP contribution in [-0.4, -0.2) is 48.8 Å². The van der Waals surface area contributed by atoms with Crippen molar-refractivity contribution in [1.29, 1.82) is 0 Å². The summed E-state index contributed by atoms with van der Waals surface area (Å²) in [7, 11) is 0. The van der Waals surface area contributed by atoms with Crippen molar-refractivity contribution in [2.45, 2.75) is 52.5 Å². The standard InChI is InChI=1S/C14H30N2O/c1-4-8-15-13(12-17)11-16-9-5-6-14(2,3)7-10-16/h13,15,17H,4-12H2,1-3H3. The minimum absolute atomic E-state index is 0.246. The third-order valence-electron chi connectivity index (χ3n) is 3.81. The smallest absolute Gasteiger partial charge is 0.0597 e. The van der Waals surface area contributed by atoms with Gasteiger partial charge in [-0.1, -0.05) is 20.8 Å². The number of nitrogens with one attached hydrogen (secondary N) is 1. The summed E-state index contributed by atoms with van der Waals surface area (Å²) in [5.74, 6) is 0. The second-order valence-corrected chi connectivity index (χ2v) is 6.15. The third-order valence-corrected chi connectivity index (χ3v) is 3.81. The van der Waals surface area contributed by atoms with E-state index in [1.807, 2.05) is 0 Å². The molecular formula is C14H30N2O. The van der Waals surface area contributed by atoms with Gasteiger partial charge in [0, 0.05) is 12.6 Å². The predicted octanol–water partition coefficient (Wildman–Crippen LogP) is 1.86. The van der Waals surface area contributed by atoms with Crippen LogP contribution in [0.15, 0.2) is 0 Å². The molecule has 0 saturated carbocycles. The van der Waals surface area contributed by atoms with Gasteiger partial charge in [0.25, 0.3) is 0 Å². The molecule has 1 heterocycles. The SMILES string of the molecule is CCCNC(CO)CN1CCCC(C)(C)CC1. The van der Waals surface area contributed by atoms with Crippen molar-refractivity contribution in [1.82, 2.24) is 10.2 Å². The Morgan fingerprint density at radius 3 is 2.71 bits per heavy atom. The van der Waals surface area contributed by atoms with E-state index in [0.717, 1.165) is 19.5 Å². The number of nitrogens with zero attached hydrogens (tertiary/aromatic N) is 1. The van der Waals surface area contributed by atoms with E-state index in [4.69, 9.17) is 0 Å². The average molecular weight is 242 g/mol. The average Bonchev–Trinajstić information content (AvgIpc) is 2.46. The number of aliphatic hydroxyl groups excluding tert-OH is 1. The molecule has 1 rings (SSSR count). The molecule has 0 spiro atoms.